The number of hydrogen-bond donors (Lipinski definition) is 2. The number of aliphatic hydroxyl groups is 2. The molecule has 0 spiro atoms. The van der Waals surface area contributed by atoms with Gasteiger partial charge in [0.2, 0.25) is 0 Å². The van der Waals surface area contributed by atoms with Gasteiger partial charge in [0, 0.05) is 7.11 Å². The van der Waals surface area contributed by atoms with Gasteiger partial charge in [-0.15, -0.1) is 0 Å². The first-order chi connectivity index (χ1) is 12.7. The Bertz CT molecular complexity index is 604. The molecule has 0 aromatic heterocycles. The first kappa shape index (κ1) is 18.9. The molecule has 0 aromatic rings. The molecular formula is C24H40O3. The summed E-state index contributed by atoms with van der Waals surface area (Å²) >= 11 is 0. The topological polar surface area (TPSA) is 49.7 Å². The second-order valence-corrected chi connectivity index (χ2v) is 11.8. The molecule has 0 saturated heterocycles. The average Bonchev–Trinajstić information content (AvgIpc) is 3.29. The molecule has 3 heteroatoms. The Morgan fingerprint density at radius 3 is 2.48 bits per heavy atom. The second kappa shape index (κ2) is 5.95. The molecule has 0 radical (unpaired) electrons. The molecule has 5 rings (SSSR count). The quantitative estimate of drug-likeness (QED) is 0.774. The molecule has 5 aliphatic carbocycles. The molecule has 3 nitrogen and oxygen atoms in total. The van der Waals surface area contributed by atoms with E-state index in [1.54, 1.807) is 7.11 Å². The summed E-state index contributed by atoms with van der Waals surface area (Å²) in [7, 11) is 1.72. The van der Waals surface area contributed by atoms with Gasteiger partial charge in [0.15, 0.2) is 0 Å². The number of rotatable bonds is 3. The van der Waals surface area contributed by atoms with Crippen molar-refractivity contribution >= 4 is 0 Å². The Kier molecular flexibility index (Phi) is 4.16. The first-order valence-electron chi connectivity index (χ1n) is 11.6. The zero-order valence-electron chi connectivity index (χ0n) is 17.8. The first-order valence-corrected chi connectivity index (χ1v) is 11.6. The number of hydrogen-bond acceptors (Lipinski definition) is 3. The normalized spacial score (nSPS) is 60.0. The highest BCUT2D eigenvalue weighted by Crippen LogP contribution is 2.76. The van der Waals surface area contributed by atoms with Crippen molar-refractivity contribution in [2.24, 2.45) is 52.3 Å². The maximum atomic E-state index is 11.0. The fourth-order valence-corrected chi connectivity index (χ4v) is 9.65. The van der Waals surface area contributed by atoms with Crippen LogP contribution in [0.2, 0.25) is 0 Å². The summed E-state index contributed by atoms with van der Waals surface area (Å²) in [6, 6.07) is 0. The Balaban J connectivity index is 1.41. The van der Waals surface area contributed by atoms with Crippen LogP contribution in [-0.2, 0) is 4.74 Å². The summed E-state index contributed by atoms with van der Waals surface area (Å²) in [6.07, 6.45) is 9.53. The average molecular weight is 377 g/mol. The molecule has 0 heterocycles. The molecular weight excluding hydrogens is 336 g/mol. The van der Waals surface area contributed by atoms with Gasteiger partial charge in [-0.05, 0) is 111 Å². The molecule has 5 aliphatic rings. The van der Waals surface area contributed by atoms with Crippen molar-refractivity contribution in [3.8, 4) is 0 Å². The standard InChI is InChI=1S/C24H40O3/c1-14(25)20-17-11-18(17)21-16-6-5-15-12-24(26,13-27-4)10-9-22(15,2)19(16)7-8-23(20,21)3/h14-21,25-26H,5-13H2,1-4H3/t14?,15-,16+,17-,18+,19-,20?,21+,22-,23+,24+/m0/s1. The van der Waals surface area contributed by atoms with Crippen molar-refractivity contribution in [3.05, 3.63) is 0 Å². The van der Waals surface area contributed by atoms with E-state index >= 15 is 0 Å². The van der Waals surface area contributed by atoms with Crippen LogP contribution in [0.4, 0.5) is 0 Å². The van der Waals surface area contributed by atoms with Gasteiger partial charge in [0.1, 0.15) is 0 Å². The molecule has 0 aliphatic heterocycles. The van der Waals surface area contributed by atoms with Crippen molar-refractivity contribution in [1.82, 2.24) is 0 Å². The van der Waals surface area contributed by atoms with E-state index in [9.17, 15) is 10.2 Å². The lowest BCUT2D eigenvalue weighted by atomic mass is 9.43. The highest BCUT2D eigenvalue weighted by atomic mass is 16.5. The molecule has 2 unspecified atom stereocenters. The summed E-state index contributed by atoms with van der Waals surface area (Å²) in [5, 5.41) is 21.6. The Morgan fingerprint density at radius 2 is 1.78 bits per heavy atom. The third-order valence-corrected chi connectivity index (χ3v) is 10.6. The molecule has 27 heavy (non-hydrogen) atoms. The van der Waals surface area contributed by atoms with Crippen LogP contribution in [0.3, 0.4) is 0 Å². The van der Waals surface area contributed by atoms with E-state index in [2.05, 4.69) is 20.8 Å². The third-order valence-electron chi connectivity index (χ3n) is 10.6. The number of fused-ring (bicyclic) bond motifs is 7. The smallest absolute Gasteiger partial charge is 0.0883 e. The van der Waals surface area contributed by atoms with E-state index in [4.69, 9.17) is 4.74 Å². The second-order valence-electron chi connectivity index (χ2n) is 11.8. The lowest BCUT2D eigenvalue weighted by molar-refractivity contribution is -0.169. The number of aliphatic hydroxyl groups excluding tert-OH is 1. The van der Waals surface area contributed by atoms with Gasteiger partial charge in [0.25, 0.3) is 0 Å². The van der Waals surface area contributed by atoms with Crippen molar-refractivity contribution in [3.63, 3.8) is 0 Å². The lowest BCUT2D eigenvalue weighted by Crippen LogP contribution is -2.57. The largest absolute Gasteiger partial charge is 0.393 e. The van der Waals surface area contributed by atoms with Crippen LogP contribution in [0.25, 0.3) is 0 Å². The number of methoxy groups -OCH3 is 1. The molecule has 0 amide bonds. The summed E-state index contributed by atoms with van der Waals surface area (Å²) in [5.74, 6) is 5.43. The zero-order valence-corrected chi connectivity index (χ0v) is 17.8. The number of ether oxygens (including phenoxy) is 1. The maximum absolute atomic E-state index is 11.0. The lowest BCUT2D eigenvalue weighted by Gasteiger charge is -2.62. The molecule has 11 atom stereocenters. The Morgan fingerprint density at radius 1 is 1.00 bits per heavy atom. The van der Waals surface area contributed by atoms with Crippen LogP contribution < -0.4 is 0 Å². The zero-order chi connectivity index (χ0) is 19.2. The van der Waals surface area contributed by atoms with Crippen molar-refractivity contribution in [2.45, 2.75) is 83.8 Å². The summed E-state index contributed by atoms with van der Waals surface area (Å²) in [6.45, 7) is 7.64. The minimum Gasteiger partial charge on any atom is -0.393 e. The predicted molar refractivity (Wildman–Crippen MR) is 106 cm³/mol. The van der Waals surface area contributed by atoms with E-state index in [0.717, 1.165) is 48.9 Å². The monoisotopic (exact) mass is 376 g/mol. The van der Waals surface area contributed by atoms with Gasteiger partial charge < -0.3 is 14.9 Å². The molecule has 0 bridgehead atoms. The van der Waals surface area contributed by atoms with E-state index in [1.807, 2.05) is 0 Å². The van der Waals surface area contributed by atoms with Gasteiger partial charge in [-0.2, -0.15) is 0 Å². The van der Waals surface area contributed by atoms with E-state index in [1.165, 1.54) is 32.1 Å². The highest BCUT2D eigenvalue weighted by molar-refractivity contribution is 5.19. The van der Waals surface area contributed by atoms with Gasteiger partial charge in [-0.25, -0.2) is 0 Å². The minimum atomic E-state index is -0.596. The molecule has 5 fully saturated rings. The van der Waals surface area contributed by atoms with Crippen LogP contribution in [0.15, 0.2) is 0 Å². The van der Waals surface area contributed by atoms with Gasteiger partial charge in [0.05, 0.1) is 18.3 Å². The van der Waals surface area contributed by atoms with E-state index in [0.29, 0.717) is 29.3 Å². The predicted octanol–water partition coefficient (Wildman–Crippen LogP) is 4.26. The fourth-order valence-electron chi connectivity index (χ4n) is 9.65. The highest BCUT2D eigenvalue weighted by Gasteiger charge is 2.71. The summed E-state index contributed by atoms with van der Waals surface area (Å²) < 4.78 is 5.35. The SMILES string of the molecule is COC[C@@]1(O)CC[C@@]2(C)[C@@H](CC[C@H]3[C@@H]4[C@@H]5C[C@@H]5C(C(C)O)[C@@]4(C)CC[C@@H]32)C1. The molecule has 5 saturated carbocycles. The summed E-state index contributed by atoms with van der Waals surface area (Å²) in [5.41, 5.74) is 0.177. The van der Waals surface area contributed by atoms with Crippen LogP contribution in [0.5, 0.6) is 0 Å². The molecule has 2 N–H and O–H groups in total. The fraction of sp³-hybridized carbons (Fsp3) is 1.00. The van der Waals surface area contributed by atoms with Gasteiger partial charge in [-0.3, -0.25) is 0 Å². The van der Waals surface area contributed by atoms with Crippen LogP contribution in [-0.4, -0.2) is 35.6 Å². The van der Waals surface area contributed by atoms with Crippen LogP contribution in [0.1, 0.15) is 72.1 Å². The third kappa shape index (κ3) is 2.50. The van der Waals surface area contributed by atoms with Crippen molar-refractivity contribution < 1.29 is 14.9 Å². The van der Waals surface area contributed by atoms with Crippen LogP contribution >= 0.6 is 0 Å². The Labute approximate surface area is 165 Å². The summed E-state index contributed by atoms with van der Waals surface area (Å²) in [4.78, 5) is 0. The van der Waals surface area contributed by atoms with E-state index < -0.39 is 5.60 Å². The van der Waals surface area contributed by atoms with Gasteiger partial charge >= 0.3 is 0 Å². The van der Waals surface area contributed by atoms with E-state index in [-0.39, 0.29) is 6.10 Å². The molecule has 0 aromatic carbocycles. The van der Waals surface area contributed by atoms with Crippen molar-refractivity contribution in [1.29, 1.82) is 0 Å². The van der Waals surface area contributed by atoms with Crippen LogP contribution in [0, 0.1) is 52.3 Å². The maximum Gasteiger partial charge on any atom is 0.0883 e. The van der Waals surface area contributed by atoms with Gasteiger partial charge in [-0.1, -0.05) is 13.8 Å². The molecule has 154 valence electrons. The van der Waals surface area contributed by atoms with Crippen molar-refractivity contribution in [2.75, 3.05) is 13.7 Å². The minimum absolute atomic E-state index is 0.141. The Hall–Kier alpha value is -0.120.